The van der Waals surface area contributed by atoms with E-state index in [1.807, 2.05) is 83.8 Å². The van der Waals surface area contributed by atoms with E-state index in [1.54, 1.807) is 12.1 Å². The predicted molar refractivity (Wildman–Crippen MR) is 141 cm³/mol. The fourth-order valence-electron chi connectivity index (χ4n) is 3.41. The van der Waals surface area contributed by atoms with Gasteiger partial charge in [-0.3, -0.25) is 0 Å². The Morgan fingerprint density at radius 3 is 1.91 bits per heavy atom. The summed E-state index contributed by atoms with van der Waals surface area (Å²) in [6, 6.07) is 31.3. The number of carbonyl (C=O) groups excluding carboxylic acids is 1. The minimum Gasteiger partial charge on any atom is -0.545 e. The van der Waals surface area contributed by atoms with Gasteiger partial charge in [0.25, 0.3) is 0 Å². The van der Waals surface area contributed by atoms with Crippen LogP contribution < -0.4 is 15.2 Å². The van der Waals surface area contributed by atoms with E-state index in [9.17, 15) is 9.90 Å². The highest BCUT2D eigenvalue weighted by Crippen LogP contribution is 2.23. The highest BCUT2D eigenvalue weighted by molar-refractivity contribution is 7.80. The van der Waals surface area contributed by atoms with Crippen molar-refractivity contribution in [2.45, 2.75) is 13.1 Å². The number of carbonyl (C=O) groups is 1. The van der Waals surface area contributed by atoms with Gasteiger partial charge in [0, 0.05) is 23.8 Å². The summed E-state index contributed by atoms with van der Waals surface area (Å²) >= 11 is 11.8. The number of benzene rings is 4. The lowest BCUT2D eigenvalue weighted by Crippen LogP contribution is -2.33. The van der Waals surface area contributed by atoms with Crippen LogP contribution in [0.2, 0.25) is 5.02 Å². The van der Waals surface area contributed by atoms with Gasteiger partial charge in [0.1, 0.15) is 11.5 Å². The van der Waals surface area contributed by atoms with Crippen molar-refractivity contribution >= 4 is 40.6 Å². The van der Waals surface area contributed by atoms with E-state index in [0.29, 0.717) is 23.2 Å². The molecule has 0 amide bonds. The van der Waals surface area contributed by atoms with Crippen molar-refractivity contribution in [2.75, 3.05) is 5.32 Å². The van der Waals surface area contributed by atoms with E-state index in [1.165, 1.54) is 12.1 Å². The summed E-state index contributed by atoms with van der Waals surface area (Å²) in [6.07, 6.45) is 0. The molecule has 0 spiro atoms. The van der Waals surface area contributed by atoms with E-state index in [-0.39, 0.29) is 5.56 Å². The van der Waals surface area contributed by atoms with Crippen molar-refractivity contribution in [1.82, 2.24) is 4.90 Å². The van der Waals surface area contributed by atoms with E-state index >= 15 is 0 Å². The average molecular weight is 502 g/mol. The number of nitrogens with one attached hydrogen (secondary N) is 1. The molecule has 4 aromatic rings. The van der Waals surface area contributed by atoms with Crippen LogP contribution in [0.3, 0.4) is 0 Å². The first-order valence-corrected chi connectivity index (χ1v) is 11.7. The van der Waals surface area contributed by atoms with Crippen LogP contribution in [0.5, 0.6) is 11.5 Å². The van der Waals surface area contributed by atoms with Crippen molar-refractivity contribution in [2.24, 2.45) is 0 Å². The van der Waals surface area contributed by atoms with Crippen LogP contribution >= 0.6 is 23.8 Å². The largest absolute Gasteiger partial charge is 0.545 e. The van der Waals surface area contributed by atoms with Gasteiger partial charge < -0.3 is 24.9 Å². The Morgan fingerprint density at radius 1 is 0.800 bits per heavy atom. The lowest BCUT2D eigenvalue weighted by atomic mass is 10.1. The molecule has 0 unspecified atom stereocenters. The Hall–Kier alpha value is -3.87. The van der Waals surface area contributed by atoms with Gasteiger partial charge in [0.15, 0.2) is 5.11 Å². The second-order valence-electron chi connectivity index (χ2n) is 7.84. The maximum atomic E-state index is 11.1. The Balaban J connectivity index is 1.47. The fraction of sp³-hybridized carbons (Fsp3) is 0.0714. The third-order valence-electron chi connectivity index (χ3n) is 5.22. The summed E-state index contributed by atoms with van der Waals surface area (Å²) in [6.45, 7) is 1.03. The molecule has 5 nitrogen and oxygen atoms in total. The molecular formula is C28H22ClN2O3S-. The molecule has 35 heavy (non-hydrogen) atoms. The number of thiocarbonyl (C=S) groups is 1. The van der Waals surface area contributed by atoms with Crippen molar-refractivity contribution < 1.29 is 14.6 Å². The zero-order valence-corrected chi connectivity index (χ0v) is 20.3. The van der Waals surface area contributed by atoms with Crippen molar-refractivity contribution in [1.29, 1.82) is 0 Å². The molecule has 0 aliphatic carbocycles. The number of halogens is 1. The highest BCUT2D eigenvalue weighted by atomic mass is 35.5. The van der Waals surface area contributed by atoms with Gasteiger partial charge in [-0.25, -0.2) is 0 Å². The molecule has 0 fully saturated rings. The number of ether oxygens (including phenoxy) is 1. The number of nitrogens with zero attached hydrogens (tertiary/aromatic N) is 1. The number of hydrogen-bond acceptors (Lipinski definition) is 4. The van der Waals surface area contributed by atoms with Crippen LogP contribution in [0.4, 0.5) is 5.69 Å². The van der Waals surface area contributed by atoms with Crippen molar-refractivity contribution in [3.63, 3.8) is 0 Å². The summed E-state index contributed by atoms with van der Waals surface area (Å²) in [5, 5.41) is 15.5. The van der Waals surface area contributed by atoms with Crippen LogP contribution in [-0.4, -0.2) is 16.0 Å². The molecular weight excluding hydrogens is 480 g/mol. The quantitative estimate of drug-likeness (QED) is 0.303. The SMILES string of the molecule is O=C([O-])c1ccc(CN(Cc2ccc(Cl)cc2)C(=S)Nc2ccc(Oc3ccccc3)cc2)cc1. The van der Waals surface area contributed by atoms with Crippen molar-refractivity contribution in [3.8, 4) is 11.5 Å². The molecule has 0 bridgehead atoms. The molecule has 0 aromatic heterocycles. The molecule has 7 heteroatoms. The molecule has 0 radical (unpaired) electrons. The summed E-state index contributed by atoms with van der Waals surface area (Å²) in [7, 11) is 0. The molecule has 0 saturated heterocycles. The predicted octanol–water partition coefficient (Wildman–Crippen LogP) is 5.90. The zero-order valence-electron chi connectivity index (χ0n) is 18.7. The molecule has 4 rings (SSSR count). The summed E-state index contributed by atoms with van der Waals surface area (Å²) in [5.41, 5.74) is 2.91. The van der Waals surface area contributed by atoms with Gasteiger partial charge >= 0.3 is 0 Å². The van der Waals surface area contributed by atoms with E-state index in [0.717, 1.165) is 28.3 Å². The topological polar surface area (TPSA) is 64.6 Å². The monoisotopic (exact) mass is 501 g/mol. The number of aromatic carboxylic acids is 1. The fourth-order valence-corrected chi connectivity index (χ4v) is 3.78. The molecule has 1 N–H and O–H groups in total. The second kappa shape index (κ2) is 11.5. The number of hydrogen-bond donors (Lipinski definition) is 1. The number of anilines is 1. The zero-order chi connectivity index (χ0) is 24.6. The van der Waals surface area contributed by atoms with Crippen molar-refractivity contribution in [3.05, 3.63) is 125 Å². The van der Waals surface area contributed by atoms with E-state index < -0.39 is 5.97 Å². The van der Waals surface area contributed by atoms with E-state index in [4.69, 9.17) is 28.6 Å². The van der Waals surface area contributed by atoms with Crippen LogP contribution in [0, 0.1) is 0 Å². The minimum absolute atomic E-state index is 0.136. The highest BCUT2D eigenvalue weighted by Gasteiger charge is 2.13. The Labute approximate surface area is 214 Å². The maximum Gasteiger partial charge on any atom is 0.174 e. The van der Waals surface area contributed by atoms with Crippen LogP contribution in [0.15, 0.2) is 103 Å². The molecule has 176 valence electrons. The number of para-hydroxylation sites is 1. The normalized spacial score (nSPS) is 10.4. The molecule has 0 aliphatic rings. The average Bonchev–Trinajstić information content (AvgIpc) is 2.87. The number of carboxylic acid groups (broad SMARTS) is 1. The summed E-state index contributed by atoms with van der Waals surface area (Å²) in [5.74, 6) is 0.285. The Kier molecular flexibility index (Phi) is 7.98. The van der Waals surface area contributed by atoms with Gasteiger partial charge in [0.2, 0.25) is 0 Å². The van der Waals surface area contributed by atoms with Gasteiger partial charge in [-0.05, 0) is 77.4 Å². The van der Waals surface area contributed by atoms with Crippen LogP contribution in [0.1, 0.15) is 21.5 Å². The van der Waals surface area contributed by atoms with Gasteiger partial charge in [-0.1, -0.05) is 66.2 Å². The first-order chi connectivity index (χ1) is 17.0. The standard InChI is InChI=1S/C28H23ClN2O3S/c29-23-12-8-21(9-13-23)19-31(18-20-6-10-22(11-7-20)27(32)33)28(35)30-24-14-16-26(17-15-24)34-25-4-2-1-3-5-25/h1-17H,18-19H2,(H,30,35)(H,32,33)/p-1. The lowest BCUT2D eigenvalue weighted by Gasteiger charge is -2.26. The summed E-state index contributed by atoms with van der Waals surface area (Å²) < 4.78 is 5.85. The van der Waals surface area contributed by atoms with Crippen LogP contribution in [-0.2, 0) is 13.1 Å². The second-order valence-corrected chi connectivity index (χ2v) is 8.66. The third-order valence-corrected chi connectivity index (χ3v) is 5.83. The lowest BCUT2D eigenvalue weighted by molar-refractivity contribution is -0.255. The molecule has 0 heterocycles. The van der Waals surface area contributed by atoms with E-state index in [2.05, 4.69) is 5.32 Å². The molecule has 0 saturated carbocycles. The summed E-state index contributed by atoms with van der Waals surface area (Å²) in [4.78, 5) is 13.1. The van der Waals surface area contributed by atoms with Gasteiger partial charge in [-0.2, -0.15) is 0 Å². The van der Waals surface area contributed by atoms with Gasteiger partial charge in [0.05, 0.1) is 5.97 Å². The molecule has 0 atom stereocenters. The number of carboxylic acids is 1. The molecule has 4 aromatic carbocycles. The molecule has 0 aliphatic heterocycles. The first-order valence-electron chi connectivity index (χ1n) is 10.9. The number of rotatable bonds is 8. The smallest absolute Gasteiger partial charge is 0.174 e. The third kappa shape index (κ3) is 7.06. The first kappa shape index (κ1) is 24.3. The Bertz CT molecular complexity index is 1280. The maximum absolute atomic E-state index is 11.1. The van der Waals surface area contributed by atoms with Gasteiger partial charge in [-0.15, -0.1) is 0 Å². The minimum atomic E-state index is -1.20. The van der Waals surface area contributed by atoms with Crippen LogP contribution in [0.25, 0.3) is 0 Å². The Morgan fingerprint density at radius 2 is 1.34 bits per heavy atom.